The fraction of sp³-hybridized carbons (Fsp3) is 0.389. The van der Waals surface area contributed by atoms with E-state index >= 15 is 0 Å². The van der Waals surface area contributed by atoms with Gasteiger partial charge in [0.2, 0.25) is 5.95 Å². The summed E-state index contributed by atoms with van der Waals surface area (Å²) in [5, 5.41) is 3.49. The number of benzene rings is 1. The Morgan fingerprint density at radius 1 is 1.21 bits per heavy atom. The molecule has 1 atom stereocenters. The molecule has 1 aliphatic heterocycles. The van der Waals surface area contributed by atoms with Crippen molar-refractivity contribution in [3.8, 4) is 0 Å². The third-order valence-corrected chi connectivity index (χ3v) is 4.66. The van der Waals surface area contributed by atoms with Crippen molar-refractivity contribution in [3.05, 3.63) is 47.9 Å². The average molecular weight is 322 g/mol. The van der Waals surface area contributed by atoms with Crippen LogP contribution in [0.2, 0.25) is 0 Å². The number of H-pyrrole nitrogens is 1. The highest BCUT2D eigenvalue weighted by Gasteiger charge is 2.24. The first-order chi connectivity index (χ1) is 11.8. The molecule has 0 amide bonds. The summed E-state index contributed by atoms with van der Waals surface area (Å²) in [5.74, 6) is 0.782. The lowest BCUT2D eigenvalue weighted by atomic mass is 10.0. The second-order valence-electron chi connectivity index (χ2n) is 6.39. The van der Waals surface area contributed by atoms with Crippen molar-refractivity contribution in [1.29, 1.82) is 0 Å². The van der Waals surface area contributed by atoms with E-state index < -0.39 is 0 Å². The molecule has 1 aromatic carbocycles. The van der Waals surface area contributed by atoms with Crippen LogP contribution in [0, 0.1) is 6.92 Å². The first kappa shape index (κ1) is 15.1. The van der Waals surface area contributed by atoms with E-state index in [0.29, 0.717) is 6.04 Å². The summed E-state index contributed by atoms with van der Waals surface area (Å²) >= 11 is 0. The Hall–Kier alpha value is -2.47. The third-order valence-electron chi connectivity index (χ3n) is 4.66. The third kappa shape index (κ3) is 3.10. The van der Waals surface area contributed by atoms with E-state index in [1.54, 1.807) is 6.33 Å². The number of piperazine rings is 1. The van der Waals surface area contributed by atoms with Crippen LogP contribution in [0.15, 0.2) is 36.8 Å². The maximum Gasteiger partial charge on any atom is 0.227 e. The molecular formula is C18H22N6. The Labute approximate surface area is 141 Å². The molecule has 1 aliphatic rings. The molecule has 1 fully saturated rings. The number of hydrogen-bond donors (Lipinski definition) is 2. The van der Waals surface area contributed by atoms with Gasteiger partial charge in [0.15, 0.2) is 5.65 Å². The van der Waals surface area contributed by atoms with Gasteiger partial charge < -0.3 is 15.2 Å². The highest BCUT2D eigenvalue weighted by atomic mass is 15.3. The van der Waals surface area contributed by atoms with E-state index in [0.717, 1.165) is 49.6 Å². The number of nitrogens with zero attached hydrogens (tertiary/aromatic N) is 4. The molecule has 6 nitrogen and oxygen atoms in total. The summed E-state index contributed by atoms with van der Waals surface area (Å²) in [5.41, 5.74) is 4.30. The van der Waals surface area contributed by atoms with Gasteiger partial charge >= 0.3 is 0 Å². The summed E-state index contributed by atoms with van der Waals surface area (Å²) in [6.07, 6.45) is 5.63. The highest BCUT2D eigenvalue weighted by molar-refractivity contribution is 5.69. The minimum absolute atomic E-state index is 0.399. The summed E-state index contributed by atoms with van der Waals surface area (Å²) in [6, 6.07) is 9.21. The molecule has 2 N–H and O–H groups in total. The Morgan fingerprint density at radius 2 is 2.08 bits per heavy atom. The van der Waals surface area contributed by atoms with Gasteiger partial charge in [-0.05, 0) is 25.3 Å². The second kappa shape index (κ2) is 6.57. The predicted molar refractivity (Wildman–Crippen MR) is 95.2 cm³/mol. The molecule has 124 valence electrons. The molecule has 3 aromatic rings. The SMILES string of the molecule is Cc1ccc(CCC2CNCCN2c2ncc3[nH]cnc3n2)cc1. The van der Waals surface area contributed by atoms with Gasteiger partial charge in [0.25, 0.3) is 0 Å². The maximum atomic E-state index is 4.62. The molecule has 4 rings (SSSR count). The fourth-order valence-corrected chi connectivity index (χ4v) is 3.24. The van der Waals surface area contributed by atoms with E-state index in [4.69, 9.17) is 0 Å². The molecule has 1 saturated heterocycles. The van der Waals surface area contributed by atoms with Crippen molar-refractivity contribution in [2.45, 2.75) is 25.8 Å². The number of hydrogen-bond acceptors (Lipinski definition) is 5. The van der Waals surface area contributed by atoms with Gasteiger partial charge in [0, 0.05) is 25.7 Å². The number of rotatable bonds is 4. The normalized spacial score (nSPS) is 18.2. The molecule has 0 spiro atoms. The molecule has 0 radical (unpaired) electrons. The lowest BCUT2D eigenvalue weighted by Gasteiger charge is -2.36. The number of aromatic amines is 1. The number of anilines is 1. The van der Waals surface area contributed by atoms with E-state index in [2.05, 4.69) is 61.3 Å². The zero-order valence-corrected chi connectivity index (χ0v) is 13.9. The van der Waals surface area contributed by atoms with Gasteiger partial charge in [-0.25, -0.2) is 9.97 Å². The lowest BCUT2D eigenvalue weighted by molar-refractivity contribution is 0.448. The van der Waals surface area contributed by atoms with Gasteiger partial charge in [-0.3, -0.25) is 0 Å². The van der Waals surface area contributed by atoms with Gasteiger partial charge in [0.05, 0.1) is 12.5 Å². The molecule has 0 bridgehead atoms. The Balaban J connectivity index is 1.50. The molecule has 1 unspecified atom stereocenters. The summed E-state index contributed by atoms with van der Waals surface area (Å²) in [4.78, 5) is 18.8. The number of nitrogens with one attached hydrogen (secondary N) is 2. The van der Waals surface area contributed by atoms with Crippen LogP contribution in [-0.2, 0) is 6.42 Å². The quantitative estimate of drug-likeness (QED) is 0.769. The molecule has 0 aliphatic carbocycles. The highest BCUT2D eigenvalue weighted by Crippen LogP contribution is 2.19. The fourth-order valence-electron chi connectivity index (χ4n) is 3.24. The van der Waals surface area contributed by atoms with Crippen molar-refractivity contribution < 1.29 is 0 Å². The first-order valence-corrected chi connectivity index (χ1v) is 8.48. The van der Waals surface area contributed by atoms with E-state index in [9.17, 15) is 0 Å². The van der Waals surface area contributed by atoms with Crippen LogP contribution in [0.3, 0.4) is 0 Å². The minimum Gasteiger partial charge on any atom is -0.342 e. The predicted octanol–water partition coefficient (Wildman–Crippen LogP) is 2.07. The monoisotopic (exact) mass is 322 g/mol. The number of aryl methyl sites for hydroxylation is 2. The Bertz CT molecular complexity index is 810. The van der Waals surface area contributed by atoms with Crippen molar-refractivity contribution >= 4 is 17.1 Å². The van der Waals surface area contributed by atoms with Crippen molar-refractivity contribution in [1.82, 2.24) is 25.3 Å². The van der Waals surface area contributed by atoms with Gasteiger partial charge in [-0.1, -0.05) is 29.8 Å². The molecule has 3 heterocycles. The van der Waals surface area contributed by atoms with E-state index in [1.807, 2.05) is 6.20 Å². The van der Waals surface area contributed by atoms with Crippen LogP contribution >= 0.6 is 0 Å². The van der Waals surface area contributed by atoms with Gasteiger partial charge in [-0.15, -0.1) is 0 Å². The standard InChI is InChI=1S/C18H22N6/c1-13-2-4-14(5-3-13)6-7-15-10-19-8-9-24(15)18-20-11-16-17(23-18)22-12-21-16/h2-5,11-12,15,19H,6-10H2,1H3,(H,20,21,22,23). The molecule has 24 heavy (non-hydrogen) atoms. The molecule has 0 saturated carbocycles. The second-order valence-corrected chi connectivity index (χ2v) is 6.39. The largest absolute Gasteiger partial charge is 0.342 e. The zero-order valence-electron chi connectivity index (χ0n) is 13.9. The van der Waals surface area contributed by atoms with Crippen molar-refractivity contribution in [3.63, 3.8) is 0 Å². The Kier molecular flexibility index (Phi) is 4.13. The number of aromatic nitrogens is 4. The summed E-state index contributed by atoms with van der Waals surface area (Å²) < 4.78 is 0. The van der Waals surface area contributed by atoms with Crippen LogP contribution in [0.1, 0.15) is 17.5 Å². The Morgan fingerprint density at radius 3 is 2.96 bits per heavy atom. The topological polar surface area (TPSA) is 69.7 Å². The minimum atomic E-state index is 0.399. The zero-order chi connectivity index (χ0) is 16.4. The summed E-state index contributed by atoms with van der Waals surface area (Å²) in [7, 11) is 0. The average Bonchev–Trinajstić information content (AvgIpc) is 3.09. The van der Waals surface area contributed by atoms with Gasteiger partial charge in [0.1, 0.15) is 5.52 Å². The van der Waals surface area contributed by atoms with E-state index in [-0.39, 0.29) is 0 Å². The molecular weight excluding hydrogens is 300 g/mol. The maximum absolute atomic E-state index is 4.62. The molecule has 2 aromatic heterocycles. The smallest absolute Gasteiger partial charge is 0.227 e. The number of imidazole rings is 1. The number of fused-ring (bicyclic) bond motifs is 1. The van der Waals surface area contributed by atoms with E-state index in [1.165, 1.54) is 11.1 Å². The lowest BCUT2D eigenvalue weighted by Crippen LogP contribution is -2.52. The van der Waals surface area contributed by atoms with Crippen molar-refractivity contribution in [2.75, 3.05) is 24.5 Å². The first-order valence-electron chi connectivity index (χ1n) is 8.48. The summed E-state index contributed by atoms with van der Waals surface area (Å²) in [6.45, 7) is 4.98. The van der Waals surface area contributed by atoms with Gasteiger partial charge in [-0.2, -0.15) is 4.98 Å². The van der Waals surface area contributed by atoms with Crippen LogP contribution in [0.5, 0.6) is 0 Å². The van der Waals surface area contributed by atoms with Crippen LogP contribution < -0.4 is 10.2 Å². The molecule has 6 heteroatoms. The van der Waals surface area contributed by atoms with Crippen LogP contribution in [0.4, 0.5) is 5.95 Å². The van der Waals surface area contributed by atoms with Crippen LogP contribution in [-0.4, -0.2) is 45.6 Å². The van der Waals surface area contributed by atoms with Crippen molar-refractivity contribution in [2.24, 2.45) is 0 Å². The van der Waals surface area contributed by atoms with Crippen LogP contribution in [0.25, 0.3) is 11.2 Å².